The van der Waals surface area contributed by atoms with Crippen molar-refractivity contribution in [2.45, 2.75) is 37.4 Å². The third-order valence-corrected chi connectivity index (χ3v) is 5.53. The maximum absolute atomic E-state index is 9.23. The van der Waals surface area contributed by atoms with Crippen molar-refractivity contribution >= 4 is 23.4 Å². The minimum atomic E-state index is -0.0143. The molecule has 1 aromatic rings. The molecule has 0 bridgehead atoms. The van der Waals surface area contributed by atoms with Crippen LogP contribution in [0.2, 0.25) is 5.02 Å². The fourth-order valence-electron chi connectivity index (χ4n) is 3.07. The molecule has 2 aliphatic heterocycles. The van der Waals surface area contributed by atoms with E-state index in [1.54, 1.807) is 6.07 Å². The van der Waals surface area contributed by atoms with Gasteiger partial charge in [0.1, 0.15) is 23.5 Å². The topological polar surface area (TPSA) is 42.2 Å². The molecule has 0 radical (unpaired) electrons. The zero-order valence-corrected chi connectivity index (χ0v) is 13.4. The van der Waals surface area contributed by atoms with E-state index in [1.165, 1.54) is 0 Å². The highest BCUT2D eigenvalue weighted by Crippen LogP contribution is 2.39. The van der Waals surface area contributed by atoms with Gasteiger partial charge in [-0.05, 0) is 36.5 Å². The molecule has 5 heteroatoms. The van der Waals surface area contributed by atoms with E-state index in [-0.39, 0.29) is 11.7 Å². The molecule has 3 rings (SSSR count). The monoisotopic (exact) mass is 323 g/mol. The summed E-state index contributed by atoms with van der Waals surface area (Å²) >= 11 is 8.05. The standard InChI is InChI=1S/C16H18ClNO2S/c17-14-2-1-3-15(13(14)11-18)20-12-4-7-19-16(10-12)5-8-21-9-6-16/h1-3,12H,4-10H2. The Morgan fingerprint density at radius 2 is 2.19 bits per heavy atom. The van der Waals surface area contributed by atoms with Crippen LogP contribution in [0, 0.1) is 11.3 Å². The van der Waals surface area contributed by atoms with Crippen molar-refractivity contribution in [2.75, 3.05) is 18.1 Å². The molecule has 21 heavy (non-hydrogen) atoms. The first-order chi connectivity index (χ1) is 10.2. The Bertz CT molecular complexity index is 546. The molecule has 0 saturated carbocycles. The number of hydrogen-bond acceptors (Lipinski definition) is 4. The lowest BCUT2D eigenvalue weighted by Gasteiger charge is -2.43. The van der Waals surface area contributed by atoms with Gasteiger partial charge in [-0.25, -0.2) is 0 Å². The van der Waals surface area contributed by atoms with Crippen molar-refractivity contribution in [1.82, 2.24) is 0 Å². The lowest BCUT2D eigenvalue weighted by Crippen LogP contribution is -2.46. The zero-order chi connectivity index (χ0) is 14.7. The van der Waals surface area contributed by atoms with E-state index in [4.69, 9.17) is 21.1 Å². The highest BCUT2D eigenvalue weighted by atomic mass is 35.5. The summed E-state index contributed by atoms with van der Waals surface area (Å²) in [7, 11) is 0. The predicted molar refractivity (Wildman–Crippen MR) is 85.1 cm³/mol. The summed E-state index contributed by atoms with van der Waals surface area (Å²) < 4.78 is 12.2. The summed E-state index contributed by atoms with van der Waals surface area (Å²) in [6, 6.07) is 7.50. The molecule has 0 aromatic heterocycles. The maximum atomic E-state index is 9.23. The number of hydrogen-bond donors (Lipinski definition) is 0. The fourth-order valence-corrected chi connectivity index (χ4v) is 4.51. The van der Waals surface area contributed by atoms with Gasteiger partial charge in [-0.15, -0.1) is 0 Å². The minimum Gasteiger partial charge on any atom is -0.489 e. The van der Waals surface area contributed by atoms with Gasteiger partial charge in [0.25, 0.3) is 0 Å². The lowest BCUT2D eigenvalue weighted by molar-refractivity contribution is -0.116. The highest BCUT2D eigenvalue weighted by molar-refractivity contribution is 7.99. The van der Waals surface area contributed by atoms with Crippen molar-refractivity contribution in [3.8, 4) is 11.8 Å². The Kier molecular flexibility index (Phi) is 4.63. The number of nitrogens with zero attached hydrogens (tertiary/aromatic N) is 1. The normalized spacial score (nSPS) is 24.5. The van der Waals surface area contributed by atoms with Crippen LogP contribution in [0.3, 0.4) is 0 Å². The number of halogens is 1. The van der Waals surface area contributed by atoms with Crippen LogP contribution in [0.25, 0.3) is 0 Å². The number of thioether (sulfide) groups is 1. The molecule has 1 spiro atoms. The molecule has 1 aromatic carbocycles. The number of rotatable bonds is 2. The van der Waals surface area contributed by atoms with Crippen LogP contribution in [0.1, 0.15) is 31.2 Å². The molecule has 2 heterocycles. The lowest BCUT2D eigenvalue weighted by atomic mass is 9.86. The smallest absolute Gasteiger partial charge is 0.139 e. The van der Waals surface area contributed by atoms with Gasteiger partial charge in [0.2, 0.25) is 0 Å². The van der Waals surface area contributed by atoms with Gasteiger partial charge in [-0.2, -0.15) is 17.0 Å². The Balaban J connectivity index is 1.73. The van der Waals surface area contributed by atoms with E-state index in [1.807, 2.05) is 23.9 Å². The summed E-state index contributed by atoms with van der Waals surface area (Å²) in [5.74, 6) is 2.91. The number of ether oxygens (including phenoxy) is 2. The average Bonchev–Trinajstić information content (AvgIpc) is 2.48. The van der Waals surface area contributed by atoms with Gasteiger partial charge >= 0.3 is 0 Å². The second-order valence-corrected chi connectivity index (χ2v) is 7.23. The van der Waals surface area contributed by atoms with E-state index in [9.17, 15) is 5.26 Å². The maximum Gasteiger partial charge on any atom is 0.139 e. The number of nitriles is 1. The molecule has 3 nitrogen and oxygen atoms in total. The van der Waals surface area contributed by atoms with Crippen molar-refractivity contribution < 1.29 is 9.47 Å². The van der Waals surface area contributed by atoms with Crippen LogP contribution >= 0.6 is 23.4 Å². The molecule has 2 fully saturated rings. The van der Waals surface area contributed by atoms with Crippen molar-refractivity contribution in [3.05, 3.63) is 28.8 Å². The van der Waals surface area contributed by atoms with Crippen LogP contribution < -0.4 is 4.74 Å². The van der Waals surface area contributed by atoms with Crippen LogP contribution in [-0.2, 0) is 4.74 Å². The van der Waals surface area contributed by atoms with Crippen LogP contribution in [0.15, 0.2) is 18.2 Å². The molecule has 1 unspecified atom stereocenters. The fraction of sp³-hybridized carbons (Fsp3) is 0.562. The van der Waals surface area contributed by atoms with Gasteiger partial charge in [0, 0.05) is 12.8 Å². The molecular weight excluding hydrogens is 306 g/mol. The predicted octanol–water partition coefficient (Wildman–Crippen LogP) is 4.04. The summed E-state index contributed by atoms with van der Waals surface area (Å²) in [6.45, 7) is 0.734. The molecular formula is C16H18ClNO2S. The largest absolute Gasteiger partial charge is 0.489 e. The minimum absolute atomic E-state index is 0.0143. The van der Waals surface area contributed by atoms with E-state index in [0.29, 0.717) is 16.3 Å². The van der Waals surface area contributed by atoms with E-state index >= 15 is 0 Å². The molecule has 2 aliphatic rings. The molecule has 2 saturated heterocycles. The summed E-state index contributed by atoms with van der Waals surface area (Å²) in [5.41, 5.74) is 0.415. The Hall–Kier alpha value is -0.890. The Labute approximate surface area is 134 Å². The van der Waals surface area contributed by atoms with Crippen LogP contribution in [0.4, 0.5) is 0 Å². The van der Waals surface area contributed by atoms with Crippen molar-refractivity contribution in [1.29, 1.82) is 5.26 Å². The highest BCUT2D eigenvalue weighted by Gasteiger charge is 2.39. The first-order valence-corrected chi connectivity index (χ1v) is 8.83. The van der Waals surface area contributed by atoms with Crippen LogP contribution in [0.5, 0.6) is 5.75 Å². The third-order valence-electron chi connectivity index (χ3n) is 4.23. The Morgan fingerprint density at radius 1 is 1.38 bits per heavy atom. The second kappa shape index (κ2) is 6.48. The van der Waals surface area contributed by atoms with Crippen LogP contribution in [-0.4, -0.2) is 29.8 Å². The first kappa shape index (κ1) is 15.0. The molecule has 0 aliphatic carbocycles. The van der Waals surface area contributed by atoms with Gasteiger partial charge < -0.3 is 9.47 Å². The van der Waals surface area contributed by atoms with Crippen molar-refractivity contribution in [2.24, 2.45) is 0 Å². The second-order valence-electron chi connectivity index (χ2n) is 5.60. The first-order valence-electron chi connectivity index (χ1n) is 7.29. The van der Waals surface area contributed by atoms with Gasteiger partial charge in [0.05, 0.1) is 17.2 Å². The van der Waals surface area contributed by atoms with Crippen molar-refractivity contribution in [3.63, 3.8) is 0 Å². The van der Waals surface area contributed by atoms with E-state index in [2.05, 4.69) is 6.07 Å². The number of benzene rings is 1. The summed E-state index contributed by atoms with van der Waals surface area (Å²) in [5, 5.41) is 9.68. The Morgan fingerprint density at radius 3 is 2.95 bits per heavy atom. The third kappa shape index (κ3) is 3.31. The van der Waals surface area contributed by atoms with E-state index < -0.39 is 0 Å². The summed E-state index contributed by atoms with van der Waals surface area (Å²) in [4.78, 5) is 0. The molecule has 0 N–H and O–H groups in total. The van der Waals surface area contributed by atoms with Gasteiger partial charge in [-0.3, -0.25) is 0 Å². The average molecular weight is 324 g/mol. The quantitative estimate of drug-likeness (QED) is 0.824. The SMILES string of the molecule is N#Cc1c(Cl)cccc1OC1CCOC2(CCSCC2)C1. The molecule has 112 valence electrons. The van der Waals surface area contributed by atoms with E-state index in [0.717, 1.165) is 43.8 Å². The zero-order valence-electron chi connectivity index (χ0n) is 11.8. The van der Waals surface area contributed by atoms with Gasteiger partial charge in [0.15, 0.2) is 0 Å². The molecule has 1 atom stereocenters. The van der Waals surface area contributed by atoms with Gasteiger partial charge in [-0.1, -0.05) is 17.7 Å². The molecule has 0 amide bonds. The summed E-state index contributed by atoms with van der Waals surface area (Å²) in [6.07, 6.45) is 4.07.